The Hall–Kier alpha value is -0.980. The Morgan fingerprint density at radius 3 is 2.94 bits per heavy atom. The fourth-order valence-corrected chi connectivity index (χ4v) is 2.07. The van der Waals surface area contributed by atoms with Crippen molar-refractivity contribution in [1.29, 1.82) is 0 Å². The number of carbonyl (C=O) groups excluding carboxylic acids is 1. The second-order valence-corrected chi connectivity index (χ2v) is 4.82. The molecule has 0 saturated heterocycles. The molecule has 0 radical (unpaired) electrons. The van der Waals surface area contributed by atoms with E-state index in [-0.39, 0.29) is 24.5 Å². The Bertz CT molecular complexity index is 329. The first-order chi connectivity index (χ1) is 8.13. The first-order valence-electron chi connectivity index (χ1n) is 5.54. The number of amides is 1. The summed E-state index contributed by atoms with van der Waals surface area (Å²) in [5.74, 6) is -0.0297. The van der Waals surface area contributed by atoms with Crippen LogP contribution in [-0.2, 0) is 9.53 Å². The monoisotopic (exact) mass is 257 g/mol. The number of ether oxygens (including phenoxy) is 1. The molecule has 0 saturated carbocycles. The molecule has 2 unspecified atom stereocenters. The van der Waals surface area contributed by atoms with Gasteiger partial charge >= 0.3 is 0 Å². The minimum atomic E-state index is -0.0297. The molecule has 0 aliphatic rings. The summed E-state index contributed by atoms with van der Waals surface area (Å²) in [7, 11) is 1.62. The Morgan fingerprint density at radius 2 is 2.35 bits per heavy atom. The van der Waals surface area contributed by atoms with Crippen molar-refractivity contribution >= 4 is 17.2 Å². The van der Waals surface area contributed by atoms with Gasteiger partial charge in [-0.3, -0.25) is 10.1 Å². The molecule has 96 valence electrons. The molecule has 1 aromatic rings. The second kappa shape index (κ2) is 7.37. The molecular formula is C11H19N3O2S. The van der Waals surface area contributed by atoms with Crippen LogP contribution in [0.4, 0.5) is 0 Å². The second-order valence-electron chi connectivity index (χ2n) is 3.90. The summed E-state index contributed by atoms with van der Waals surface area (Å²) in [5, 5.41) is 8.88. The first-order valence-corrected chi connectivity index (χ1v) is 6.42. The summed E-state index contributed by atoms with van der Waals surface area (Å²) in [6, 6.07) is 0.128. The highest BCUT2D eigenvalue weighted by Crippen LogP contribution is 2.13. The van der Waals surface area contributed by atoms with Crippen molar-refractivity contribution in [3.63, 3.8) is 0 Å². The largest absolute Gasteiger partial charge is 0.383 e. The number of nitrogens with one attached hydrogen (secondary N) is 2. The lowest BCUT2D eigenvalue weighted by molar-refractivity contribution is -0.121. The summed E-state index contributed by atoms with van der Waals surface area (Å²) < 4.78 is 4.95. The first kappa shape index (κ1) is 14.1. The van der Waals surface area contributed by atoms with E-state index in [2.05, 4.69) is 15.6 Å². The fraction of sp³-hybridized carbons (Fsp3) is 0.636. The predicted octanol–water partition coefficient (Wildman–Crippen LogP) is 0.945. The van der Waals surface area contributed by atoms with E-state index < -0.39 is 0 Å². The van der Waals surface area contributed by atoms with E-state index in [4.69, 9.17) is 4.74 Å². The number of aromatic nitrogens is 1. The molecule has 0 bridgehead atoms. The van der Waals surface area contributed by atoms with E-state index >= 15 is 0 Å². The lowest BCUT2D eigenvalue weighted by Crippen LogP contribution is -2.41. The van der Waals surface area contributed by atoms with Gasteiger partial charge in [-0.05, 0) is 13.8 Å². The number of rotatable bonds is 7. The molecule has 0 fully saturated rings. The molecule has 2 atom stereocenters. The minimum Gasteiger partial charge on any atom is -0.383 e. The molecule has 0 aromatic carbocycles. The maximum Gasteiger partial charge on any atom is 0.234 e. The third-order valence-electron chi connectivity index (χ3n) is 2.21. The van der Waals surface area contributed by atoms with E-state index in [1.165, 1.54) is 0 Å². The average molecular weight is 257 g/mol. The van der Waals surface area contributed by atoms with Gasteiger partial charge in [0, 0.05) is 24.7 Å². The van der Waals surface area contributed by atoms with Gasteiger partial charge in [-0.2, -0.15) is 0 Å². The zero-order valence-electron chi connectivity index (χ0n) is 10.4. The Morgan fingerprint density at radius 1 is 1.59 bits per heavy atom. The zero-order valence-corrected chi connectivity index (χ0v) is 11.2. The van der Waals surface area contributed by atoms with Crippen LogP contribution in [0.15, 0.2) is 11.6 Å². The van der Waals surface area contributed by atoms with Crippen LogP contribution in [0.5, 0.6) is 0 Å². The third-order valence-corrected chi connectivity index (χ3v) is 3.17. The average Bonchev–Trinajstić information content (AvgIpc) is 2.79. The van der Waals surface area contributed by atoms with E-state index in [9.17, 15) is 4.79 Å². The highest BCUT2D eigenvalue weighted by atomic mass is 32.1. The number of hydrogen-bond donors (Lipinski definition) is 2. The maximum atomic E-state index is 11.6. The van der Waals surface area contributed by atoms with Gasteiger partial charge in [0.1, 0.15) is 5.01 Å². The predicted molar refractivity (Wildman–Crippen MR) is 68.0 cm³/mol. The number of thiazole rings is 1. The summed E-state index contributed by atoms with van der Waals surface area (Å²) in [6.07, 6.45) is 1.76. The SMILES string of the molecule is COCC(C)NC(=O)CNC(C)c1nccs1. The summed E-state index contributed by atoms with van der Waals surface area (Å²) in [5.41, 5.74) is 0. The van der Waals surface area contributed by atoms with Crippen LogP contribution < -0.4 is 10.6 Å². The number of nitrogens with zero attached hydrogens (tertiary/aromatic N) is 1. The van der Waals surface area contributed by atoms with Crippen molar-refractivity contribution < 1.29 is 9.53 Å². The molecule has 1 amide bonds. The van der Waals surface area contributed by atoms with E-state index in [1.807, 2.05) is 19.2 Å². The van der Waals surface area contributed by atoms with Crippen LogP contribution in [0, 0.1) is 0 Å². The van der Waals surface area contributed by atoms with Gasteiger partial charge in [-0.1, -0.05) is 0 Å². The van der Waals surface area contributed by atoms with Crippen molar-refractivity contribution in [2.24, 2.45) is 0 Å². The molecular weight excluding hydrogens is 238 g/mol. The normalized spacial score (nSPS) is 14.3. The van der Waals surface area contributed by atoms with Gasteiger partial charge in [0.05, 0.1) is 19.2 Å². The zero-order chi connectivity index (χ0) is 12.7. The molecule has 1 heterocycles. The van der Waals surface area contributed by atoms with Crippen LogP contribution >= 0.6 is 11.3 Å². The number of carbonyl (C=O) groups is 1. The smallest absolute Gasteiger partial charge is 0.234 e. The van der Waals surface area contributed by atoms with Gasteiger partial charge in [-0.15, -0.1) is 11.3 Å². The van der Waals surface area contributed by atoms with Gasteiger partial charge in [0.25, 0.3) is 0 Å². The van der Waals surface area contributed by atoms with E-state index in [0.717, 1.165) is 5.01 Å². The van der Waals surface area contributed by atoms with Crippen LogP contribution in [0.1, 0.15) is 24.9 Å². The number of hydrogen-bond acceptors (Lipinski definition) is 5. The van der Waals surface area contributed by atoms with Gasteiger partial charge in [0.15, 0.2) is 0 Å². The summed E-state index contributed by atoms with van der Waals surface area (Å²) >= 11 is 1.58. The molecule has 0 aliphatic carbocycles. The van der Waals surface area contributed by atoms with Crippen LogP contribution in [0.3, 0.4) is 0 Å². The highest BCUT2D eigenvalue weighted by Gasteiger charge is 2.11. The van der Waals surface area contributed by atoms with Crippen LogP contribution in [-0.4, -0.2) is 37.2 Å². The summed E-state index contributed by atoms with van der Waals surface area (Å²) in [4.78, 5) is 15.7. The van der Waals surface area contributed by atoms with Gasteiger partial charge < -0.3 is 10.1 Å². The quantitative estimate of drug-likeness (QED) is 0.763. The lowest BCUT2D eigenvalue weighted by Gasteiger charge is -2.15. The Balaban J connectivity index is 2.24. The molecule has 6 heteroatoms. The molecule has 0 aliphatic heterocycles. The topological polar surface area (TPSA) is 63.2 Å². The van der Waals surface area contributed by atoms with Crippen molar-refractivity contribution in [1.82, 2.24) is 15.6 Å². The molecule has 1 rings (SSSR count). The van der Waals surface area contributed by atoms with E-state index in [1.54, 1.807) is 24.6 Å². The highest BCUT2D eigenvalue weighted by molar-refractivity contribution is 7.09. The van der Waals surface area contributed by atoms with Crippen molar-refractivity contribution in [2.75, 3.05) is 20.3 Å². The van der Waals surface area contributed by atoms with Crippen molar-refractivity contribution in [3.05, 3.63) is 16.6 Å². The van der Waals surface area contributed by atoms with E-state index in [0.29, 0.717) is 6.61 Å². The Kier molecular flexibility index (Phi) is 6.10. The minimum absolute atomic E-state index is 0.0297. The Labute approximate surface area is 106 Å². The van der Waals surface area contributed by atoms with Crippen molar-refractivity contribution in [2.45, 2.75) is 25.9 Å². The number of methoxy groups -OCH3 is 1. The third kappa shape index (κ3) is 5.25. The molecule has 0 spiro atoms. The fourth-order valence-electron chi connectivity index (χ4n) is 1.40. The van der Waals surface area contributed by atoms with Crippen LogP contribution in [0.25, 0.3) is 0 Å². The molecule has 17 heavy (non-hydrogen) atoms. The van der Waals surface area contributed by atoms with Crippen molar-refractivity contribution in [3.8, 4) is 0 Å². The molecule has 2 N–H and O–H groups in total. The van der Waals surface area contributed by atoms with Gasteiger partial charge in [-0.25, -0.2) is 4.98 Å². The van der Waals surface area contributed by atoms with Gasteiger partial charge in [0.2, 0.25) is 5.91 Å². The summed E-state index contributed by atoms with van der Waals surface area (Å²) in [6.45, 7) is 4.71. The van der Waals surface area contributed by atoms with Crippen LogP contribution in [0.2, 0.25) is 0 Å². The maximum absolute atomic E-state index is 11.6. The lowest BCUT2D eigenvalue weighted by atomic mass is 10.3. The standard InChI is InChI=1S/C11H19N3O2S/c1-8(7-16-3)14-10(15)6-13-9(2)11-12-4-5-17-11/h4-5,8-9,13H,6-7H2,1-3H3,(H,14,15). The molecule has 1 aromatic heterocycles. The molecule has 5 nitrogen and oxygen atoms in total.